The van der Waals surface area contributed by atoms with E-state index in [1.807, 2.05) is 0 Å². The Bertz CT molecular complexity index is 1180. The van der Waals surface area contributed by atoms with E-state index in [1.165, 1.54) is 12.1 Å². The SMILES string of the molecule is Cc1ccc(CC(=O)NCc2cccc3c2C(=O)N(C2CCC(=O)NC2=O)C3=O)cc1F. The molecule has 9 heteroatoms. The Morgan fingerprint density at radius 3 is 2.66 bits per heavy atom. The van der Waals surface area contributed by atoms with Crippen LogP contribution in [0.4, 0.5) is 4.39 Å². The minimum atomic E-state index is -1.06. The predicted molar refractivity (Wildman–Crippen MR) is 110 cm³/mol. The molecule has 2 aromatic rings. The van der Waals surface area contributed by atoms with E-state index in [0.717, 1.165) is 4.90 Å². The normalized spacial score (nSPS) is 17.9. The van der Waals surface area contributed by atoms with Gasteiger partial charge in [-0.1, -0.05) is 24.3 Å². The Balaban J connectivity index is 1.49. The van der Waals surface area contributed by atoms with E-state index < -0.39 is 35.5 Å². The highest BCUT2D eigenvalue weighted by Gasteiger charge is 2.45. The molecule has 0 spiro atoms. The third-order valence-electron chi connectivity index (χ3n) is 5.63. The smallest absolute Gasteiger partial charge is 0.262 e. The van der Waals surface area contributed by atoms with Gasteiger partial charge in [-0.25, -0.2) is 4.39 Å². The second-order valence-electron chi connectivity index (χ2n) is 7.82. The van der Waals surface area contributed by atoms with Crippen LogP contribution >= 0.6 is 0 Å². The average molecular weight is 437 g/mol. The van der Waals surface area contributed by atoms with Crippen LogP contribution in [0.1, 0.15) is 50.2 Å². The number of carbonyl (C=O) groups excluding carboxylic acids is 5. The number of hydrogen-bond acceptors (Lipinski definition) is 5. The summed E-state index contributed by atoms with van der Waals surface area (Å²) in [6.07, 6.45) is 0.0587. The Hall–Kier alpha value is -3.88. The molecule has 4 rings (SSSR count). The van der Waals surface area contributed by atoms with E-state index in [9.17, 15) is 28.4 Å². The van der Waals surface area contributed by atoms with Crippen LogP contribution in [-0.2, 0) is 27.3 Å². The lowest BCUT2D eigenvalue weighted by Gasteiger charge is -2.27. The van der Waals surface area contributed by atoms with Crippen LogP contribution in [0.3, 0.4) is 0 Å². The molecular formula is C23H20FN3O5. The van der Waals surface area contributed by atoms with Crippen molar-refractivity contribution in [3.05, 3.63) is 70.0 Å². The van der Waals surface area contributed by atoms with Gasteiger partial charge >= 0.3 is 0 Å². The summed E-state index contributed by atoms with van der Waals surface area (Å²) < 4.78 is 13.7. The van der Waals surface area contributed by atoms with Crippen LogP contribution in [0.2, 0.25) is 0 Å². The monoisotopic (exact) mass is 437 g/mol. The van der Waals surface area contributed by atoms with Crippen molar-refractivity contribution in [1.82, 2.24) is 15.5 Å². The van der Waals surface area contributed by atoms with Crippen molar-refractivity contribution in [2.45, 2.75) is 38.8 Å². The number of benzene rings is 2. The van der Waals surface area contributed by atoms with Gasteiger partial charge in [0.05, 0.1) is 17.5 Å². The third kappa shape index (κ3) is 3.89. The Morgan fingerprint density at radius 2 is 1.94 bits per heavy atom. The zero-order chi connectivity index (χ0) is 23.0. The minimum Gasteiger partial charge on any atom is -0.352 e. The third-order valence-corrected chi connectivity index (χ3v) is 5.63. The number of nitrogens with zero attached hydrogens (tertiary/aromatic N) is 1. The summed E-state index contributed by atoms with van der Waals surface area (Å²) in [7, 11) is 0. The van der Waals surface area contributed by atoms with Gasteiger partial charge in [0.2, 0.25) is 17.7 Å². The lowest BCUT2D eigenvalue weighted by atomic mass is 10.0. The van der Waals surface area contributed by atoms with Gasteiger partial charge < -0.3 is 5.32 Å². The molecule has 2 aliphatic heterocycles. The van der Waals surface area contributed by atoms with Crippen molar-refractivity contribution in [3.63, 3.8) is 0 Å². The van der Waals surface area contributed by atoms with Crippen LogP contribution in [0.5, 0.6) is 0 Å². The second kappa shape index (κ2) is 8.33. The standard InChI is InChI=1S/C23H20FN3O5/c1-12-5-6-13(9-16(12)24)10-19(29)25-11-14-3-2-4-15-20(14)23(32)27(22(15)31)17-7-8-18(28)26-21(17)30/h2-6,9,17H,7-8,10-11H2,1H3,(H,25,29)(H,26,28,30). The van der Waals surface area contributed by atoms with Crippen molar-refractivity contribution >= 4 is 29.5 Å². The van der Waals surface area contributed by atoms with Gasteiger partial charge in [-0.15, -0.1) is 0 Å². The van der Waals surface area contributed by atoms with Crippen molar-refractivity contribution in [1.29, 1.82) is 0 Å². The molecule has 0 radical (unpaired) electrons. The molecule has 0 aromatic heterocycles. The van der Waals surface area contributed by atoms with Gasteiger partial charge in [0.15, 0.2) is 0 Å². The highest BCUT2D eigenvalue weighted by Crippen LogP contribution is 2.29. The number of aryl methyl sites for hydroxylation is 1. The molecule has 1 atom stereocenters. The number of halogens is 1. The van der Waals surface area contributed by atoms with Gasteiger partial charge in [-0.2, -0.15) is 0 Å². The van der Waals surface area contributed by atoms with Crippen LogP contribution in [0.25, 0.3) is 0 Å². The highest BCUT2D eigenvalue weighted by molar-refractivity contribution is 6.24. The first-order chi connectivity index (χ1) is 15.3. The summed E-state index contributed by atoms with van der Waals surface area (Å²) in [6.45, 7) is 1.62. The van der Waals surface area contributed by atoms with Crippen molar-refractivity contribution in [3.8, 4) is 0 Å². The lowest BCUT2D eigenvalue weighted by Crippen LogP contribution is -2.54. The number of carbonyl (C=O) groups is 5. The molecule has 2 heterocycles. The maximum Gasteiger partial charge on any atom is 0.262 e. The summed E-state index contributed by atoms with van der Waals surface area (Å²) >= 11 is 0. The molecule has 1 fully saturated rings. The maximum absolute atomic E-state index is 13.7. The van der Waals surface area contributed by atoms with Crippen LogP contribution < -0.4 is 10.6 Å². The quantitative estimate of drug-likeness (QED) is 0.687. The summed E-state index contributed by atoms with van der Waals surface area (Å²) in [5.41, 5.74) is 1.70. The van der Waals surface area contributed by atoms with Crippen LogP contribution in [0, 0.1) is 12.7 Å². The van der Waals surface area contributed by atoms with Gasteiger partial charge in [0.1, 0.15) is 11.9 Å². The number of nitrogens with one attached hydrogen (secondary N) is 2. The fraction of sp³-hybridized carbons (Fsp3) is 0.261. The Morgan fingerprint density at radius 1 is 1.16 bits per heavy atom. The highest BCUT2D eigenvalue weighted by atomic mass is 19.1. The van der Waals surface area contributed by atoms with Crippen LogP contribution in [0.15, 0.2) is 36.4 Å². The van der Waals surface area contributed by atoms with E-state index >= 15 is 0 Å². The molecule has 1 saturated heterocycles. The molecular weight excluding hydrogens is 417 g/mol. The van der Waals surface area contributed by atoms with Gasteiger partial charge in [0.25, 0.3) is 11.8 Å². The fourth-order valence-corrected chi connectivity index (χ4v) is 3.92. The van der Waals surface area contributed by atoms with E-state index in [-0.39, 0.29) is 42.8 Å². The number of fused-ring (bicyclic) bond motifs is 1. The van der Waals surface area contributed by atoms with E-state index in [2.05, 4.69) is 10.6 Å². The molecule has 1 unspecified atom stereocenters. The molecule has 2 aliphatic rings. The first-order valence-electron chi connectivity index (χ1n) is 10.1. The zero-order valence-corrected chi connectivity index (χ0v) is 17.2. The minimum absolute atomic E-state index is 0.0153. The molecule has 5 amide bonds. The molecule has 32 heavy (non-hydrogen) atoms. The topological polar surface area (TPSA) is 113 Å². The molecule has 0 bridgehead atoms. The lowest BCUT2D eigenvalue weighted by molar-refractivity contribution is -0.136. The van der Waals surface area contributed by atoms with Crippen molar-refractivity contribution in [2.75, 3.05) is 0 Å². The summed E-state index contributed by atoms with van der Waals surface area (Å²) in [5, 5.41) is 4.84. The maximum atomic E-state index is 13.7. The number of hydrogen-bond donors (Lipinski definition) is 2. The summed E-state index contributed by atoms with van der Waals surface area (Å²) in [6, 6.07) is 8.20. The Labute approximate surface area is 182 Å². The molecule has 2 aromatic carbocycles. The molecule has 0 aliphatic carbocycles. The molecule has 0 saturated carbocycles. The molecule has 2 N–H and O–H groups in total. The Kier molecular flexibility index (Phi) is 5.56. The largest absolute Gasteiger partial charge is 0.352 e. The van der Waals surface area contributed by atoms with Gasteiger partial charge in [-0.05, 0) is 42.2 Å². The molecule has 164 valence electrons. The fourth-order valence-electron chi connectivity index (χ4n) is 3.92. The van der Waals surface area contributed by atoms with Crippen molar-refractivity contribution in [2.24, 2.45) is 0 Å². The van der Waals surface area contributed by atoms with Gasteiger partial charge in [-0.3, -0.25) is 34.2 Å². The predicted octanol–water partition coefficient (Wildman–Crippen LogP) is 1.39. The van der Waals surface area contributed by atoms with E-state index in [1.54, 1.807) is 31.2 Å². The summed E-state index contributed by atoms with van der Waals surface area (Å²) in [4.78, 5) is 62.7. The van der Waals surface area contributed by atoms with E-state index in [0.29, 0.717) is 16.7 Å². The van der Waals surface area contributed by atoms with Crippen LogP contribution in [-0.4, -0.2) is 40.5 Å². The number of piperidine rings is 1. The summed E-state index contributed by atoms with van der Waals surface area (Å²) in [5.74, 6) is -3.14. The second-order valence-corrected chi connectivity index (χ2v) is 7.82. The van der Waals surface area contributed by atoms with Crippen molar-refractivity contribution < 1.29 is 28.4 Å². The number of imide groups is 2. The number of rotatable bonds is 5. The zero-order valence-electron chi connectivity index (χ0n) is 17.2. The average Bonchev–Trinajstić information content (AvgIpc) is 3.00. The van der Waals surface area contributed by atoms with E-state index in [4.69, 9.17) is 0 Å². The first kappa shape index (κ1) is 21.4. The van der Waals surface area contributed by atoms with Gasteiger partial charge in [0, 0.05) is 13.0 Å². The molecule has 8 nitrogen and oxygen atoms in total. The first-order valence-corrected chi connectivity index (χ1v) is 10.1. The number of amides is 5.